The van der Waals surface area contributed by atoms with Crippen LogP contribution in [0.25, 0.3) is 0 Å². The first-order valence-electron chi connectivity index (χ1n) is 7.60. The summed E-state index contributed by atoms with van der Waals surface area (Å²) in [5.74, 6) is 0. The average Bonchev–Trinajstić information content (AvgIpc) is 2.43. The zero-order valence-electron chi connectivity index (χ0n) is 12.5. The van der Waals surface area contributed by atoms with Gasteiger partial charge in [-0.1, -0.05) is 43.5 Å². The summed E-state index contributed by atoms with van der Waals surface area (Å²) < 4.78 is 6.27. The van der Waals surface area contributed by atoms with E-state index in [2.05, 4.69) is 50.5 Å². The molecule has 1 atom stereocenters. The van der Waals surface area contributed by atoms with Gasteiger partial charge in [0.2, 0.25) is 0 Å². The first kappa shape index (κ1) is 14.5. The average molecular weight is 261 g/mol. The predicted octanol–water partition coefficient (Wildman–Crippen LogP) is 3.99. The van der Waals surface area contributed by atoms with E-state index in [-0.39, 0.29) is 5.60 Å². The van der Waals surface area contributed by atoms with E-state index in [4.69, 9.17) is 4.74 Å². The minimum Gasteiger partial charge on any atom is -0.373 e. The summed E-state index contributed by atoms with van der Waals surface area (Å²) in [5.41, 5.74) is 2.72. The van der Waals surface area contributed by atoms with E-state index in [0.717, 1.165) is 6.61 Å². The van der Waals surface area contributed by atoms with Gasteiger partial charge in [-0.3, -0.25) is 0 Å². The zero-order chi connectivity index (χ0) is 13.7. The van der Waals surface area contributed by atoms with Gasteiger partial charge in [0.05, 0.1) is 11.6 Å². The maximum Gasteiger partial charge on any atom is 0.0876 e. The molecule has 0 aliphatic heterocycles. The summed E-state index contributed by atoms with van der Waals surface area (Å²) in [7, 11) is 2.06. The van der Waals surface area contributed by atoms with Crippen molar-refractivity contribution in [3.05, 3.63) is 35.4 Å². The Morgan fingerprint density at radius 2 is 1.89 bits per heavy atom. The molecule has 2 heteroatoms. The fourth-order valence-corrected chi connectivity index (χ4v) is 3.57. The molecule has 1 fully saturated rings. The largest absolute Gasteiger partial charge is 0.373 e. The number of rotatable bonds is 5. The summed E-state index contributed by atoms with van der Waals surface area (Å²) in [5, 5.41) is 3.53. The second-order valence-corrected chi connectivity index (χ2v) is 5.64. The highest BCUT2D eigenvalue weighted by Crippen LogP contribution is 2.42. The Labute approximate surface area is 117 Å². The molecule has 0 saturated heterocycles. The van der Waals surface area contributed by atoms with Crippen LogP contribution < -0.4 is 5.32 Å². The van der Waals surface area contributed by atoms with Gasteiger partial charge in [-0.2, -0.15) is 0 Å². The Bertz CT molecular complexity index is 390. The maximum absolute atomic E-state index is 6.27. The normalized spacial score (nSPS) is 20.2. The minimum atomic E-state index is -0.0200. The van der Waals surface area contributed by atoms with Crippen LogP contribution in [0.2, 0.25) is 0 Å². The summed E-state index contributed by atoms with van der Waals surface area (Å²) in [6.07, 6.45) is 6.24. The highest BCUT2D eigenvalue weighted by Gasteiger charge is 2.41. The molecule has 19 heavy (non-hydrogen) atoms. The lowest BCUT2D eigenvalue weighted by molar-refractivity contribution is -0.0899. The molecule has 0 amide bonds. The van der Waals surface area contributed by atoms with Crippen molar-refractivity contribution in [2.75, 3.05) is 13.7 Å². The fraction of sp³-hybridized carbons (Fsp3) is 0.647. The maximum atomic E-state index is 6.27. The number of ether oxygens (including phenoxy) is 1. The molecule has 0 radical (unpaired) electrons. The van der Waals surface area contributed by atoms with Crippen molar-refractivity contribution in [3.8, 4) is 0 Å². The number of hydrogen-bond acceptors (Lipinski definition) is 2. The van der Waals surface area contributed by atoms with E-state index in [1.54, 1.807) is 0 Å². The van der Waals surface area contributed by atoms with Crippen LogP contribution >= 0.6 is 0 Å². The molecule has 1 aromatic carbocycles. The third-order valence-corrected chi connectivity index (χ3v) is 4.45. The van der Waals surface area contributed by atoms with Gasteiger partial charge in [0.15, 0.2) is 0 Å². The highest BCUT2D eigenvalue weighted by molar-refractivity contribution is 5.31. The summed E-state index contributed by atoms with van der Waals surface area (Å²) >= 11 is 0. The smallest absolute Gasteiger partial charge is 0.0876 e. The van der Waals surface area contributed by atoms with Gasteiger partial charge < -0.3 is 10.1 Å². The molecule has 0 aromatic heterocycles. The van der Waals surface area contributed by atoms with Crippen LogP contribution in [0.5, 0.6) is 0 Å². The third-order valence-electron chi connectivity index (χ3n) is 4.45. The van der Waals surface area contributed by atoms with E-state index in [1.807, 2.05) is 0 Å². The molecule has 1 aromatic rings. The molecule has 1 N–H and O–H groups in total. The number of benzene rings is 1. The monoisotopic (exact) mass is 261 g/mol. The molecule has 1 aliphatic carbocycles. The van der Waals surface area contributed by atoms with Crippen molar-refractivity contribution in [1.29, 1.82) is 0 Å². The molecule has 1 aliphatic rings. The molecular formula is C17H27NO. The first-order valence-corrected chi connectivity index (χ1v) is 7.60. The molecule has 0 spiro atoms. The van der Waals surface area contributed by atoms with Gasteiger partial charge in [-0.25, -0.2) is 0 Å². The number of nitrogens with one attached hydrogen (secondary N) is 1. The van der Waals surface area contributed by atoms with E-state index in [1.165, 1.54) is 43.2 Å². The van der Waals surface area contributed by atoms with Crippen molar-refractivity contribution in [2.45, 2.75) is 57.6 Å². The topological polar surface area (TPSA) is 21.3 Å². The molecule has 0 heterocycles. The number of hydrogen-bond donors (Lipinski definition) is 1. The van der Waals surface area contributed by atoms with Gasteiger partial charge >= 0.3 is 0 Å². The van der Waals surface area contributed by atoms with Gasteiger partial charge in [0.1, 0.15) is 0 Å². The second kappa shape index (κ2) is 6.53. The van der Waals surface area contributed by atoms with Crippen molar-refractivity contribution < 1.29 is 4.74 Å². The Balaban J connectivity index is 2.34. The van der Waals surface area contributed by atoms with Crippen LogP contribution in [0, 0.1) is 6.92 Å². The Kier molecular flexibility index (Phi) is 5.00. The second-order valence-electron chi connectivity index (χ2n) is 5.64. The van der Waals surface area contributed by atoms with E-state index < -0.39 is 0 Å². The van der Waals surface area contributed by atoms with Crippen molar-refractivity contribution in [1.82, 2.24) is 5.32 Å². The van der Waals surface area contributed by atoms with Crippen molar-refractivity contribution in [2.24, 2.45) is 0 Å². The van der Waals surface area contributed by atoms with Gasteiger partial charge in [0, 0.05) is 6.61 Å². The Hall–Kier alpha value is -0.860. The van der Waals surface area contributed by atoms with E-state index in [0.29, 0.717) is 6.04 Å². The zero-order valence-corrected chi connectivity index (χ0v) is 12.5. The Morgan fingerprint density at radius 3 is 2.47 bits per heavy atom. The summed E-state index contributed by atoms with van der Waals surface area (Å²) in [4.78, 5) is 0. The molecule has 0 bridgehead atoms. The van der Waals surface area contributed by atoms with Crippen LogP contribution in [-0.4, -0.2) is 19.3 Å². The van der Waals surface area contributed by atoms with Crippen LogP contribution in [0.3, 0.4) is 0 Å². The lowest BCUT2D eigenvalue weighted by atomic mass is 9.76. The lowest BCUT2D eigenvalue weighted by Crippen LogP contribution is -2.47. The van der Waals surface area contributed by atoms with Gasteiger partial charge in [-0.15, -0.1) is 0 Å². The van der Waals surface area contributed by atoms with Gasteiger partial charge in [-0.05, 0) is 44.9 Å². The molecule has 1 unspecified atom stereocenters. The summed E-state index contributed by atoms with van der Waals surface area (Å²) in [6.45, 7) is 5.10. The SMILES string of the molecule is CCOC1(C(NC)c2ccccc2C)CCCCC1. The quantitative estimate of drug-likeness (QED) is 0.865. The Morgan fingerprint density at radius 1 is 1.21 bits per heavy atom. The molecule has 1 saturated carbocycles. The minimum absolute atomic E-state index is 0.0200. The van der Waals surface area contributed by atoms with Crippen LogP contribution in [-0.2, 0) is 4.74 Å². The number of aryl methyl sites for hydroxylation is 1. The lowest BCUT2D eigenvalue weighted by Gasteiger charge is -2.44. The highest BCUT2D eigenvalue weighted by atomic mass is 16.5. The van der Waals surface area contributed by atoms with Crippen LogP contribution in [0.4, 0.5) is 0 Å². The first-order chi connectivity index (χ1) is 9.23. The standard InChI is InChI=1S/C17H27NO/c1-4-19-17(12-8-5-9-13-17)16(18-3)15-11-7-6-10-14(15)2/h6-7,10-11,16,18H,4-5,8-9,12-13H2,1-3H3. The third kappa shape index (κ3) is 3.01. The number of likely N-dealkylation sites (N-methyl/N-ethyl adjacent to an activating group) is 1. The van der Waals surface area contributed by atoms with Crippen molar-refractivity contribution >= 4 is 0 Å². The molecular weight excluding hydrogens is 234 g/mol. The molecule has 2 nitrogen and oxygen atoms in total. The molecule has 106 valence electrons. The van der Waals surface area contributed by atoms with Gasteiger partial charge in [0.25, 0.3) is 0 Å². The van der Waals surface area contributed by atoms with E-state index >= 15 is 0 Å². The van der Waals surface area contributed by atoms with Crippen LogP contribution in [0.15, 0.2) is 24.3 Å². The predicted molar refractivity (Wildman–Crippen MR) is 80.4 cm³/mol. The van der Waals surface area contributed by atoms with E-state index in [9.17, 15) is 0 Å². The molecule has 2 rings (SSSR count). The fourth-order valence-electron chi connectivity index (χ4n) is 3.57. The van der Waals surface area contributed by atoms with Crippen LogP contribution in [0.1, 0.15) is 56.2 Å². The summed E-state index contributed by atoms with van der Waals surface area (Å²) in [6, 6.07) is 8.98. The van der Waals surface area contributed by atoms with Crippen molar-refractivity contribution in [3.63, 3.8) is 0 Å².